The van der Waals surface area contributed by atoms with E-state index >= 15 is 0 Å². The number of nitrogens with zero attached hydrogens (tertiary/aromatic N) is 3. The minimum absolute atomic E-state index is 0.168. The SMILES string of the molecule is COc1cc(C)nc(Oc2ccccc2C=NNC(=O)c2ccccc2)n1. The summed E-state index contributed by atoms with van der Waals surface area (Å²) in [5.74, 6) is 0.624. The molecule has 0 radical (unpaired) electrons. The molecule has 2 aromatic carbocycles. The normalized spacial score (nSPS) is 10.6. The van der Waals surface area contributed by atoms with Gasteiger partial charge in [0.05, 0.1) is 13.3 Å². The lowest BCUT2D eigenvalue weighted by atomic mass is 10.2. The second kappa shape index (κ2) is 8.57. The van der Waals surface area contributed by atoms with E-state index in [4.69, 9.17) is 9.47 Å². The van der Waals surface area contributed by atoms with Crippen LogP contribution < -0.4 is 14.9 Å². The molecular formula is C20H18N4O3. The number of hydrogen-bond donors (Lipinski definition) is 1. The molecule has 1 amide bonds. The van der Waals surface area contributed by atoms with E-state index in [0.29, 0.717) is 22.8 Å². The molecule has 3 aromatic rings. The van der Waals surface area contributed by atoms with Crippen LogP contribution in [0.5, 0.6) is 17.6 Å². The number of aryl methyl sites for hydroxylation is 1. The summed E-state index contributed by atoms with van der Waals surface area (Å²) in [6.45, 7) is 1.82. The number of hydrogen-bond acceptors (Lipinski definition) is 6. The number of rotatable bonds is 6. The fraction of sp³-hybridized carbons (Fsp3) is 0.100. The third-order valence-corrected chi connectivity index (χ3v) is 3.55. The van der Waals surface area contributed by atoms with Crippen LogP contribution in [0.3, 0.4) is 0 Å². The molecule has 0 unspecified atom stereocenters. The molecule has 0 fully saturated rings. The number of nitrogens with one attached hydrogen (secondary N) is 1. The van der Waals surface area contributed by atoms with Gasteiger partial charge in [-0.15, -0.1) is 0 Å². The number of para-hydroxylation sites is 1. The number of carbonyl (C=O) groups is 1. The molecule has 1 N–H and O–H groups in total. The van der Waals surface area contributed by atoms with E-state index in [1.165, 1.54) is 13.3 Å². The lowest BCUT2D eigenvalue weighted by Crippen LogP contribution is -2.17. The first-order valence-electron chi connectivity index (χ1n) is 8.21. The number of methoxy groups -OCH3 is 1. The van der Waals surface area contributed by atoms with Crippen molar-refractivity contribution in [2.24, 2.45) is 5.10 Å². The second-order valence-electron chi connectivity index (χ2n) is 5.54. The number of ether oxygens (including phenoxy) is 2. The van der Waals surface area contributed by atoms with Gasteiger partial charge in [-0.05, 0) is 31.2 Å². The summed E-state index contributed by atoms with van der Waals surface area (Å²) in [5.41, 5.74) is 4.40. The molecular weight excluding hydrogens is 344 g/mol. The van der Waals surface area contributed by atoms with Crippen molar-refractivity contribution in [2.45, 2.75) is 6.92 Å². The minimum atomic E-state index is -0.294. The van der Waals surface area contributed by atoms with Crippen molar-refractivity contribution in [1.29, 1.82) is 0 Å². The predicted octanol–water partition coefficient (Wildman–Crippen LogP) is 3.35. The Morgan fingerprint density at radius 1 is 1.07 bits per heavy atom. The van der Waals surface area contributed by atoms with E-state index in [0.717, 1.165) is 5.69 Å². The molecule has 7 nitrogen and oxygen atoms in total. The summed E-state index contributed by atoms with van der Waals surface area (Å²) in [4.78, 5) is 20.4. The first kappa shape index (κ1) is 18.1. The summed E-state index contributed by atoms with van der Waals surface area (Å²) >= 11 is 0. The van der Waals surface area contributed by atoms with Gasteiger partial charge in [-0.3, -0.25) is 4.79 Å². The zero-order valence-electron chi connectivity index (χ0n) is 14.9. The first-order chi connectivity index (χ1) is 13.2. The van der Waals surface area contributed by atoms with E-state index in [1.54, 1.807) is 42.5 Å². The molecule has 0 saturated heterocycles. The molecule has 1 aromatic heterocycles. The Kier molecular flexibility index (Phi) is 5.73. The summed E-state index contributed by atoms with van der Waals surface area (Å²) in [7, 11) is 1.53. The fourth-order valence-electron chi connectivity index (χ4n) is 2.26. The lowest BCUT2D eigenvalue weighted by Gasteiger charge is -2.08. The maximum Gasteiger partial charge on any atom is 0.325 e. The highest BCUT2D eigenvalue weighted by molar-refractivity contribution is 5.95. The van der Waals surface area contributed by atoms with Gasteiger partial charge in [-0.25, -0.2) is 5.43 Å². The van der Waals surface area contributed by atoms with Crippen LogP contribution in [0.1, 0.15) is 21.6 Å². The van der Waals surface area contributed by atoms with Crippen molar-refractivity contribution in [1.82, 2.24) is 15.4 Å². The van der Waals surface area contributed by atoms with E-state index < -0.39 is 0 Å². The van der Waals surface area contributed by atoms with Crippen molar-refractivity contribution in [2.75, 3.05) is 7.11 Å². The number of aromatic nitrogens is 2. The Labute approximate surface area is 156 Å². The van der Waals surface area contributed by atoms with Crippen LogP contribution in [-0.4, -0.2) is 29.2 Å². The van der Waals surface area contributed by atoms with Gasteiger partial charge in [0, 0.05) is 22.9 Å². The highest BCUT2D eigenvalue weighted by atomic mass is 16.5. The van der Waals surface area contributed by atoms with Crippen molar-refractivity contribution in [3.63, 3.8) is 0 Å². The Morgan fingerprint density at radius 2 is 1.81 bits per heavy atom. The quantitative estimate of drug-likeness (QED) is 0.537. The topological polar surface area (TPSA) is 85.7 Å². The molecule has 3 rings (SSSR count). The molecule has 0 aliphatic rings. The average Bonchev–Trinajstić information content (AvgIpc) is 2.69. The number of hydrazone groups is 1. The fourth-order valence-corrected chi connectivity index (χ4v) is 2.26. The molecule has 27 heavy (non-hydrogen) atoms. The summed E-state index contributed by atoms with van der Waals surface area (Å²) in [5, 5.41) is 4.00. The summed E-state index contributed by atoms with van der Waals surface area (Å²) in [6.07, 6.45) is 1.50. The van der Waals surface area contributed by atoms with Gasteiger partial charge in [0.1, 0.15) is 5.75 Å². The van der Waals surface area contributed by atoms with Crippen LogP contribution in [0.15, 0.2) is 65.8 Å². The molecule has 0 spiro atoms. The van der Waals surface area contributed by atoms with Crippen molar-refractivity contribution in [3.8, 4) is 17.6 Å². The molecule has 0 aliphatic heterocycles. The van der Waals surface area contributed by atoms with Gasteiger partial charge >= 0.3 is 6.01 Å². The number of amides is 1. The van der Waals surface area contributed by atoms with Crippen LogP contribution in [0.4, 0.5) is 0 Å². The van der Waals surface area contributed by atoms with Crippen LogP contribution in [0.2, 0.25) is 0 Å². The zero-order valence-corrected chi connectivity index (χ0v) is 14.9. The molecule has 0 bridgehead atoms. The molecule has 136 valence electrons. The third kappa shape index (κ3) is 4.88. The molecule has 0 saturated carbocycles. The zero-order chi connectivity index (χ0) is 19.1. The first-order valence-corrected chi connectivity index (χ1v) is 8.21. The monoisotopic (exact) mass is 362 g/mol. The average molecular weight is 362 g/mol. The molecule has 0 atom stereocenters. The van der Waals surface area contributed by atoms with Gasteiger partial charge in [-0.1, -0.05) is 30.3 Å². The molecule has 1 heterocycles. The van der Waals surface area contributed by atoms with Gasteiger partial charge in [-0.2, -0.15) is 15.1 Å². The van der Waals surface area contributed by atoms with E-state index in [-0.39, 0.29) is 11.9 Å². The number of benzene rings is 2. The highest BCUT2D eigenvalue weighted by Crippen LogP contribution is 2.23. The van der Waals surface area contributed by atoms with Crippen LogP contribution >= 0.6 is 0 Å². The Bertz CT molecular complexity index is 958. The van der Waals surface area contributed by atoms with E-state index in [2.05, 4.69) is 20.5 Å². The van der Waals surface area contributed by atoms with E-state index in [9.17, 15) is 4.79 Å². The number of carbonyl (C=O) groups excluding carboxylic acids is 1. The van der Waals surface area contributed by atoms with Crippen molar-refractivity contribution >= 4 is 12.1 Å². The summed E-state index contributed by atoms with van der Waals surface area (Å²) < 4.78 is 10.9. The van der Waals surface area contributed by atoms with Crippen molar-refractivity contribution in [3.05, 3.63) is 77.5 Å². The Hall–Kier alpha value is -3.74. The second-order valence-corrected chi connectivity index (χ2v) is 5.54. The van der Waals surface area contributed by atoms with Crippen LogP contribution in [0.25, 0.3) is 0 Å². The van der Waals surface area contributed by atoms with Crippen molar-refractivity contribution < 1.29 is 14.3 Å². The van der Waals surface area contributed by atoms with Gasteiger partial charge in [0.2, 0.25) is 5.88 Å². The van der Waals surface area contributed by atoms with E-state index in [1.807, 2.05) is 25.1 Å². The molecule has 7 heteroatoms. The van der Waals surface area contributed by atoms with Gasteiger partial charge < -0.3 is 9.47 Å². The predicted molar refractivity (Wildman–Crippen MR) is 101 cm³/mol. The van der Waals surface area contributed by atoms with Crippen LogP contribution in [0, 0.1) is 6.92 Å². The molecule has 0 aliphatic carbocycles. The minimum Gasteiger partial charge on any atom is -0.481 e. The largest absolute Gasteiger partial charge is 0.481 e. The maximum atomic E-state index is 12.0. The third-order valence-electron chi connectivity index (χ3n) is 3.55. The summed E-state index contributed by atoms with van der Waals surface area (Å²) in [6, 6.07) is 18.0. The standard InChI is InChI=1S/C20H18N4O3/c1-14-12-18(26-2)23-20(22-14)27-17-11-7-6-10-16(17)13-21-24-19(25)15-8-4-3-5-9-15/h3-13H,1-2H3,(H,24,25). The van der Waals surface area contributed by atoms with Gasteiger partial charge in [0.15, 0.2) is 0 Å². The van der Waals surface area contributed by atoms with Crippen LogP contribution in [-0.2, 0) is 0 Å². The smallest absolute Gasteiger partial charge is 0.325 e. The Balaban J connectivity index is 1.74. The Morgan fingerprint density at radius 3 is 2.59 bits per heavy atom. The maximum absolute atomic E-state index is 12.0. The lowest BCUT2D eigenvalue weighted by molar-refractivity contribution is 0.0955. The highest BCUT2D eigenvalue weighted by Gasteiger charge is 2.08. The van der Waals surface area contributed by atoms with Gasteiger partial charge in [0.25, 0.3) is 5.91 Å².